The van der Waals surface area contributed by atoms with Crippen molar-refractivity contribution >= 4 is 5.57 Å². The van der Waals surface area contributed by atoms with E-state index in [4.69, 9.17) is 14.2 Å². The third-order valence-electron chi connectivity index (χ3n) is 4.35. The maximum atomic E-state index is 12.8. The molecule has 1 aromatic rings. The van der Waals surface area contributed by atoms with Crippen molar-refractivity contribution in [3.63, 3.8) is 0 Å². The molecule has 0 aromatic heterocycles. The molecule has 7 heteroatoms. The Balaban J connectivity index is 1.97. The second kappa shape index (κ2) is 7.61. The van der Waals surface area contributed by atoms with Crippen LogP contribution in [-0.4, -0.2) is 26.4 Å². The molecule has 4 nitrogen and oxygen atoms in total. The molecule has 1 aliphatic heterocycles. The molecule has 2 aliphatic rings. The van der Waals surface area contributed by atoms with E-state index in [9.17, 15) is 13.2 Å². The fraction of sp³-hybridized carbons (Fsp3) is 0.474. The highest BCUT2D eigenvalue weighted by Gasteiger charge is 2.34. The van der Waals surface area contributed by atoms with Gasteiger partial charge in [0.05, 0.1) is 13.7 Å². The predicted molar refractivity (Wildman–Crippen MR) is 89.6 cm³/mol. The van der Waals surface area contributed by atoms with Crippen molar-refractivity contribution in [2.24, 2.45) is 0 Å². The molecule has 1 aromatic carbocycles. The van der Waals surface area contributed by atoms with Crippen LogP contribution in [0.5, 0.6) is 11.5 Å². The molecule has 1 atom stereocenters. The highest BCUT2D eigenvalue weighted by atomic mass is 19.4. The van der Waals surface area contributed by atoms with Gasteiger partial charge in [0.1, 0.15) is 5.76 Å². The first-order valence-electron chi connectivity index (χ1n) is 8.50. The van der Waals surface area contributed by atoms with Gasteiger partial charge in [-0.1, -0.05) is 12.1 Å². The van der Waals surface area contributed by atoms with Gasteiger partial charge in [-0.15, -0.1) is 13.2 Å². The summed E-state index contributed by atoms with van der Waals surface area (Å²) in [5.41, 5.74) is 1.59. The summed E-state index contributed by atoms with van der Waals surface area (Å²) in [4.78, 5) is 0. The van der Waals surface area contributed by atoms with Crippen molar-refractivity contribution in [1.82, 2.24) is 0 Å². The van der Waals surface area contributed by atoms with Crippen LogP contribution in [0.2, 0.25) is 0 Å². The van der Waals surface area contributed by atoms with Crippen LogP contribution in [0.25, 0.3) is 5.57 Å². The fourth-order valence-corrected chi connectivity index (χ4v) is 3.15. The number of hydrogen-bond acceptors (Lipinski definition) is 4. The molecule has 1 fully saturated rings. The number of allylic oxidation sites excluding steroid dienone is 3. The second-order valence-electron chi connectivity index (χ2n) is 6.21. The Morgan fingerprint density at radius 1 is 1.19 bits per heavy atom. The van der Waals surface area contributed by atoms with Crippen molar-refractivity contribution in [2.45, 2.75) is 45.3 Å². The smallest absolute Gasteiger partial charge is 0.493 e. The van der Waals surface area contributed by atoms with Crippen LogP contribution in [0, 0.1) is 0 Å². The first kappa shape index (κ1) is 18.6. The average molecular weight is 370 g/mol. The van der Waals surface area contributed by atoms with Crippen LogP contribution in [0.4, 0.5) is 13.2 Å². The van der Waals surface area contributed by atoms with Gasteiger partial charge in [0.25, 0.3) is 0 Å². The predicted octanol–water partition coefficient (Wildman–Crippen LogP) is 5.20. The molecule has 26 heavy (non-hydrogen) atoms. The lowest BCUT2D eigenvalue weighted by atomic mass is 9.92. The highest BCUT2D eigenvalue weighted by molar-refractivity contribution is 5.74. The molecule has 0 amide bonds. The van der Waals surface area contributed by atoms with E-state index in [-0.39, 0.29) is 12.0 Å². The molecule has 1 aliphatic carbocycles. The van der Waals surface area contributed by atoms with E-state index >= 15 is 0 Å². The van der Waals surface area contributed by atoms with Gasteiger partial charge in [-0.3, -0.25) is 0 Å². The van der Waals surface area contributed by atoms with Crippen molar-refractivity contribution in [3.05, 3.63) is 41.2 Å². The number of methoxy groups -OCH3 is 1. The van der Waals surface area contributed by atoms with Gasteiger partial charge >= 0.3 is 6.36 Å². The zero-order valence-corrected chi connectivity index (χ0v) is 14.7. The summed E-state index contributed by atoms with van der Waals surface area (Å²) in [6.07, 6.45) is -0.582. The number of benzene rings is 1. The molecule has 1 heterocycles. The van der Waals surface area contributed by atoms with Crippen molar-refractivity contribution in [1.29, 1.82) is 0 Å². The largest absolute Gasteiger partial charge is 0.573 e. The number of alkyl halides is 3. The minimum Gasteiger partial charge on any atom is -0.493 e. The number of rotatable bonds is 5. The quantitative estimate of drug-likeness (QED) is 0.714. The van der Waals surface area contributed by atoms with E-state index in [0.717, 1.165) is 12.8 Å². The summed E-state index contributed by atoms with van der Waals surface area (Å²) in [6.45, 7) is 2.25. The maximum Gasteiger partial charge on any atom is 0.573 e. The summed E-state index contributed by atoms with van der Waals surface area (Å²) in [7, 11) is 1.52. The van der Waals surface area contributed by atoms with Gasteiger partial charge in [0, 0.05) is 12.0 Å². The Morgan fingerprint density at radius 2 is 2.00 bits per heavy atom. The lowest BCUT2D eigenvalue weighted by Crippen LogP contribution is -2.16. The van der Waals surface area contributed by atoms with E-state index in [1.54, 1.807) is 31.2 Å². The van der Waals surface area contributed by atoms with E-state index in [2.05, 4.69) is 4.74 Å². The summed E-state index contributed by atoms with van der Waals surface area (Å²) >= 11 is 0. The van der Waals surface area contributed by atoms with Crippen molar-refractivity contribution in [2.75, 3.05) is 13.7 Å². The van der Waals surface area contributed by atoms with Gasteiger partial charge in [-0.25, -0.2) is 0 Å². The Kier molecular flexibility index (Phi) is 5.46. The maximum absolute atomic E-state index is 12.8. The molecule has 0 radical (unpaired) electrons. The third-order valence-corrected chi connectivity index (χ3v) is 4.35. The monoisotopic (exact) mass is 370 g/mol. The summed E-state index contributed by atoms with van der Waals surface area (Å²) in [5, 5.41) is 0. The SMILES string of the molecule is COc1ccc(C2=C(OC(F)(F)F)C(C)=CCC2)cc1OC1CCCO1. The van der Waals surface area contributed by atoms with E-state index < -0.39 is 6.36 Å². The first-order chi connectivity index (χ1) is 12.4. The zero-order valence-electron chi connectivity index (χ0n) is 14.7. The lowest BCUT2D eigenvalue weighted by Gasteiger charge is -2.23. The average Bonchev–Trinajstić information content (AvgIpc) is 3.08. The lowest BCUT2D eigenvalue weighted by molar-refractivity contribution is -0.303. The molecule has 142 valence electrons. The van der Waals surface area contributed by atoms with Crippen LogP contribution < -0.4 is 9.47 Å². The zero-order chi connectivity index (χ0) is 18.7. The van der Waals surface area contributed by atoms with Gasteiger partial charge < -0.3 is 18.9 Å². The molecule has 1 saturated heterocycles. The highest BCUT2D eigenvalue weighted by Crippen LogP contribution is 2.40. The van der Waals surface area contributed by atoms with Gasteiger partial charge in [0.15, 0.2) is 17.8 Å². The van der Waals surface area contributed by atoms with Crippen LogP contribution in [-0.2, 0) is 9.47 Å². The molecule has 3 rings (SSSR count). The molecule has 0 N–H and O–H groups in total. The topological polar surface area (TPSA) is 36.9 Å². The fourth-order valence-electron chi connectivity index (χ4n) is 3.15. The molecular formula is C19H21F3O4. The van der Waals surface area contributed by atoms with Crippen LogP contribution >= 0.6 is 0 Å². The van der Waals surface area contributed by atoms with Crippen LogP contribution in [0.3, 0.4) is 0 Å². The van der Waals surface area contributed by atoms with Crippen molar-refractivity contribution in [3.8, 4) is 11.5 Å². The minimum absolute atomic E-state index is 0.142. The second-order valence-corrected chi connectivity index (χ2v) is 6.21. The molecular weight excluding hydrogens is 349 g/mol. The summed E-state index contributed by atoms with van der Waals surface area (Å²) in [6, 6.07) is 5.09. The number of hydrogen-bond donors (Lipinski definition) is 0. The van der Waals surface area contributed by atoms with Gasteiger partial charge in [0.2, 0.25) is 0 Å². The normalized spacial score (nSPS) is 20.8. The van der Waals surface area contributed by atoms with E-state index in [1.165, 1.54) is 7.11 Å². The Morgan fingerprint density at radius 3 is 2.65 bits per heavy atom. The summed E-state index contributed by atoms with van der Waals surface area (Å²) < 4.78 is 59.4. The number of halogens is 3. The minimum atomic E-state index is -4.74. The van der Waals surface area contributed by atoms with Crippen LogP contribution in [0.15, 0.2) is 35.6 Å². The summed E-state index contributed by atoms with van der Waals surface area (Å²) in [5.74, 6) is 0.811. The van der Waals surface area contributed by atoms with Gasteiger partial charge in [-0.2, -0.15) is 0 Å². The molecule has 0 saturated carbocycles. The Bertz CT molecular complexity index is 716. The molecule has 1 unspecified atom stereocenters. The third kappa shape index (κ3) is 4.33. The van der Waals surface area contributed by atoms with Gasteiger partial charge in [-0.05, 0) is 49.5 Å². The van der Waals surface area contributed by atoms with E-state index in [1.807, 2.05) is 0 Å². The first-order valence-corrected chi connectivity index (χ1v) is 8.50. The molecule has 0 spiro atoms. The standard InChI is InChI=1S/C19H21F3O4/c1-12-5-3-6-14(18(12)26-19(20,21)22)13-8-9-15(23-2)16(11-13)25-17-7-4-10-24-17/h5,8-9,11,17H,3-4,6-7,10H2,1-2H3. The van der Waals surface area contributed by atoms with Crippen LogP contribution in [0.1, 0.15) is 38.2 Å². The number of ether oxygens (including phenoxy) is 4. The van der Waals surface area contributed by atoms with E-state index in [0.29, 0.717) is 47.7 Å². The Hall–Kier alpha value is -2.15. The molecule has 0 bridgehead atoms. The van der Waals surface area contributed by atoms with Crippen molar-refractivity contribution < 1.29 is 32.1 Å². The Labute approximate surface area is 150 Å².